The summed E-state index contributed by atoms with van der Waals surface area (Å²) in [6.45, 7) is 4.80. The fourth-order valence-corrected chi connectivity index (χ4v) is 2.40. The second-order valence-corrected chi connectivity index (χ2v) is 6.72. The second-order valence-electron chi connectivity index (χ2n) is 6.72. The number of hydrogen-bond donors (Lipinski definition) is 1. The van der Waals surface area contributed by atoms with Gasteiger partial charge in [0.05, 0.1) is 5.69 Å². The quantitative estimate of drug-likeness (QED) is 0.851. The van der Waals surface area contributed by atoms with Crippen LogP contribution in [0.25, 0.3) is 5.69 Å². The van der Waals surface area contributed by atoms with Crippen LogP contribution in [-0.2, 0) is 6.18 Å². The first-order valence-corrected chi connectivity index (χ1v) is 7.72. The number of alkyl halides is 3. The molecule has 0 aliphatic carbocycles. The van der Waals surface area contributed by atoms with Gasteiger partial charge in [-0.2, -0.15) is 18.3 Å². The Morgan fingerprint density at radius 2 is 1.92 bits per heavy atom. The molecule has 2 rings (SSSR count). The molecule has 9 heteroatoms. The molecule has 0 unspecified atom stereocenters. The number of amides is 1. The van der Waals surface area contributed by atoms with Gasteiger partial charge in [-0.25, -0.2) is 4.68 Å². The maximum atomic E-state index is 12.7. The lowest BCUT2D eigenvalue weighted by atomic mass is 9.93. The van der Waals surface area contributed by atoms with E-state index in [1.165, 1.54) is 12.3 Å². The largest absolute Gasteiger partial charge is 0.435 e. The smallest absolute Gasteiger partial charge is 0.341 e. The minimum absolute atomic E-state index is 0. The van der Waals surface area contributed by atoms with Crippen LogP contribution in [0.4, 0.5) is 13.2 Å². The van der Waals surface area contributed by atoms with E-state index in [1.54, 1.807) is 30.1 Å². The standard InChI is InChI=1S/C17H21F3N4O.ClH/c1-16(2,10-21)11-23(3)15(25)12-5-4-6-13(9-12)24-8-7-14(22-24)17(18,19)20;/h4-9H,10-11,21H2,1-3H3;1H. The molecule has 0 spiro atoms. The van der Waals surface area contributed by atoms with E-state index in [9.17, 15) is 18.0 Å². The zero-order valence-corrected chi connectivity index (χ0v) is 15.6. The van der Waals surface area contributed by atoms with Crippen molar-refractivity contribution in [3.05, 3.63) is 47.8 Å². The molecule has 26 heavy (non-hydrogen) atoms. The molecular formula is C17H22ClF3N4O. The molecule has 2 aromatic rings. The van der Waals surface area contributed by atoms with E-state index in [0.29, 0.717) is 24.3 Å². The van der Waals surface area contributed by atoms with E-state index >= 15 is 0 Å². The molecule has 0 aliphatic rings. The first kappa shape index (κ1) is 22.0. The topological polar surface area (TPSA) is 64.2 Å². The van der Waals surface area contributed by atoms with Crippen LogP contribution < -0.4 is 5.73 Å². The summed E-state index contributed by atoms with van der Waals surface area (Å²) in [6.07, 6.45) is -3.29. The summed E-state index contributed by atoms with van der Waals surface area (Å²) in [7, 11) is 1.67. The van der Waals surface area contributed by atoms with Crippen molar-refractivity contribution >= 4 is 18.3 Å². The van der Waals surface area contributed by atoms with Crippen molar-refractivity contribution < 1.29 is 18.0 Å². The number of nitrogens with two attached hydrogens (primary N) is 1. The van der Waals surface area contributed by atoms with E-state index in [0.717, 1.165) is 10.7 Å². The summed E-state index contributed by atoms with van der Waals surface area (Å²) in [4.78, 5) is 14.1. The molecule has 0 saturated carbocycles. The zero-order chi connectivity index (χ0) is 18.8. The Morgan fingerprint density at radius 1 is 1.27 bits per heavy atom. The van der Waals surface area contributed by atoms with Crippen molar-refractivity contribution in [1.29, 1.82) is 0 Å². The average Bonchev–Trinajstić information content (AvgIpc) is 3.04. The van der Waals surface area contributed by atoms with Crippen LogP contribution in [0.5, 0.6) is 0 Å². The van der Waals surface area contributed by atoms with Crippen molar-refractivity contribution in [2.24, 2.45) is 11.1 Å². The Morgan fingerprint density at radius 3 is 2.46 bits per heavy atom. The molecule has 1 heterocycles. The van der Waals surface area contributed by atoms with Gasteiger partial charge < -0.3 is 10.6 Å². The highest BCUT2D eigenvalue weighted by molar-refractivity contribution is 5.94. The first-order valence-electron chi connectivity index (χ1n) is 7.72. The molecule has 0 radical (unpaired) electrons. The fourth-order valence-electron chi connectivity index (χ4n) is 2.40. The fraction of sp³-hybridized carbons (Fsp3) is 0.412. The molecular weight excluding hydrogens is 369 g/mol. The van der Waals surface area contributed by atoms with Crippen molar-refractivity contribution in [3.8, 4) is 5.69 Å². The van der Waals surface area contributed by atoms with Crippen molar-refractivity contribution in [3.63, 3.8) is 0 Å². The third-order valence-electron chi connectivity index (χ3n) is 3.80. The molecule has 0 aliphatic heterocycles. The summed E-state index contributed by atoms with van der Waals surface area (Å²) < 4.78 is 39.1. The second kappa shape index (κ2) is 8.09. The zero-order valence-electron chi connectivity index (χ0n) is 14.7. The predicted octanol–water partition coefficient (Wildman–Crippen LogP) is 3.37. The maximum Gasteiger partial charge on any atom is 0.435 e. The lowest BCUT2D eigenvalue weighted by molar-refractivity contribution is -0.141. The summed E-state index contributed by atoms with van der Waals surface area (Å²) in [5, 5.41) is 3.52. The average molecular weight is 391 g/mol. The number of nitrogens with zero attached hydrogens (tertiary/aromatic N) is 3. The van der Waals surface area contributed by atoms with E-state index in [4.69, 9.17) is 5.73 Å². The molecule has 1 aromatic heterocycles. The third kappa shape index (κ3) is 5.22. The van der Waals surface area contributed by atoms with E-state index in [1.807, 2.05) is 13.8 Å². The van der Waals surface area contributed by atoms with Gasteiger partial charge in [0, 0.05) is 25.4 Å². The molecule has 0 fully saturated rings. The summed E-state index contributed by atoms with van der Waals surface area (Å²) in [6, 6.07) is 7.23. The Balaban J connectivity index is 0.00000338. The molecule has 5 nitrogen and oxygen atoms in total. The molecule has 1 amide bonds. The molecule has 2 N–H and O–H groups in total. The highest BCUT2D eigenvalue weighted by Crippen LogP contribution is 2.28. The van der Waals surface area contributed by atoms with Gasteiger partial charge in [0.15, 0.2) is 5.69 Å². The molecule has 144 valence electrons. The van der Waals surface area contributed by atoms with Crippen LogP contribution in [-0.4, -0.2) is 40.7 Å². The summed E-state index contributed by atoms with van der Waals surface area (Å²) in [5.41, 5.74) is 5.23. The Kier molecular flexibility index (Phi) is 6.84. The number of halogens is 4. The van der Waals surface area contributed by atoms with Crippen molar-refractivity contribution in [2.45, 2.75) is 20.0 Å². The van der Waals surface area contributed by atoms with Crippen molar-refractivity contribution in [2.75, 3.05) is 20.1 Å². The van der Waals surface area contributed by atoms with Gasteiger partial charge >= 0.3 is 6.18 Å². The molecule has 0 saturated heterocycles. The van der Waals surface area contributed by atoms with E-state index < -0.39 is 11.9 Å². The SMILES string of the molecule is CN(CC(C)(C)CN)C(=O)c1cccc(-n2ccc(C(F)(F)F)n2)c1.Cl. The van der Waals surface area contributed by atoms with E-state index in [2.05, 4.69) is 5.10 Å². The molecule has 0 bridgehead atoms. The molecule has 1 aromatic carbocycles. The van der Waals surface area contributed by atoms with Crippen LogP contribution in [0, 0.1) is 5.41 Å². The highest BCUT2D eigenvalue weighted by atomic mass is 35.5. The third-order valence-corrected chi connectivity index (χ3v) is 3.80. The van der Waals surface area contributed by atoms with Crippen LogP contribution in [0.15, 0.2) is 36.5 Å². The van der Waals surface area contributed by atoms with E-state index in [-0.39, 0.29) is 23.7 Å². The Labute approximate surface area is 156 Å². The number of benzene rings is 1. The molecule has 0 atom stereocenters. The van der Waals surface area contributed by atoms with Gasteiger partial charge in [-0.05, 0) is 36.2 Å². The number of hydrogen-bond acceptors (Lipinski definition) is 3. The van der Waals surface area contributed by atoms with Crippen LogP contribution in [0.1, 0.15) is 29.9 Å². The van der Waals surface area contributed by atoms with Gasteiger partial charge in [-0.15, -0.1) is 12.4 Å². The lowest BCUT2D eigenvalue weighted by Gasteiger charge is -2.29. The van der Waals surface area contributed by atoms with Gasteiger partial charge in [-0.3, -0.25) is 4.79 Å². The van der Waals surface area contributed by atoms with Crippen LogP contribution in [0.2, 0.25) is 0 Å². The minimum atomic E-state index is -4.51. The van der Waals surface area contributed by atoms with Gasteiger partial charge in [0.25, 0.3) is 5.91 Å². The summed E-state index contributed by atoms with van der Waals surface area (Å²) >= 11 is 0. The predicted molar refractivity (Wildman–Crippen MR) is 95.6 cm³/mol. The maximum absolute atomic E-state index is 12.7. The Hall–Kier alpha value is -2.06. The minimum Gasteiger partial charge on any atom is -0.341 e. The highest BCUT2D eigenvalue weighted by Gasteiger charge is 2.33. The van der Waals surface area contributed by atoms with Gasteiger partial charge in [0.1, 0.15) is 0 Å². The number of carbonyl (C=O) groups is 1. The normalized spacial score (nSPS) is 11.8. The van der Waals surface area contributed by atoms with Crippen LogP contribution in [0.3, 0.4) is 0 Å². The Bertz CT molecular complexity index is 758. The number of aromatic nitrogens is 2. The monoisotopic (exact) mass is 390 g/mol. The lowest BCUT2D eigenvalue weighted by Crippen LogP contribution is -2.39. The first-order chi connectivity index (χ1) is 11.5. The van der Waals surface area contributed by atoms with Gasteiger partial charge in [0.2, 0.25) is 0 Å². The summed E-state index contributed by atoms with van der Waals surface area (Å²) in [5.74, 6) is -0.230. The van der Waals surface area contributed by atoms with Crippen molar-refractivity contribution in [1.82, 2.24) is 14.7 Å². The van der Waals surface area contributed by atoms with Crippen LogP contribution >= 0.6 is 12.4 Å². The van der Waals surface area contributed by atoms with Gasteiger partial charge in [-0.1, -0.05) is 19.9 Å². The number of rotatable bonds is 5. The number of carbonyl (C=O) groups excluding carboxylic acids is 1.